The van der Waals surface area contributed by atoms with Gasteiger partial charge in [-0.05, 0) is 59.0 Å². The fourth-order valence-electron chi connectivity index (χ4n) is 3.36. The monoisotopic (exact) mass is 374 g/mol. The van der Waals surface area contributed by atoms with Gasteiger partial charge in [-0.3, -0.25) is 0 Å². The van der Waals surface area contributed by atoms with Crippen molar-refractivity contribution in [1.82, 2.24) is 4.98 Å². The third kappa shape index (κ3) is 3.60. The second kappa shape index (κ2) is 7.79. The smallest absolute Gasteiger partial charge is 0.214 e. The second-order valence-corrected chi connectivity index (χ2v) is 6.69. The Morgan fingerprint density at radius 2 is 1.89 bits per heavy atom. The molecular weight excluding hydrogens is 355 g/mol. The zero-order chi connectivity index (χ0) is 19.5. The second-order valence-electron chi connectivity index (χ2n) is 6.69. The largest absolute Gasteiger partial charge is 0.473 e. The number of pyridine rings is 1. The van der Waals surface area contributed by atoms with Crippen LogP contribution in [0.1, 0.15) is 34.7 Å². The summed E-state index contributed by atoms with van der Waals surface area (Å²) < 4.78 is 26.5. The van der Waals surface area contributed by atoms with Gasteiger partial charge in [-0.2, -0.15) is 5.26 Å². The maximum atomic E-state index is 14.7. The van der Waals surface area contributed by atoms with Crippen molar-refractivity contribution in [2.24, 2.45) is 0 Å². The van der Waals surface area contributed by atoms with Crippen molar-refractivity contribution < 1.29 is 13.9 Å². The quantitative estimate of drug-likeness (QED) is 0.606. The summed E-state index contributed by atoms with van der Waals surface area (Å²) in [5.41, 5.74) is 5.21. The highest BCUT2D eigenvalue weighted by Crippen LogP contribution is 2.28. The molecule has 4 nitrogen and oxygen atoms in total. The Morgan fingerprint density at radius 3 is 2.71 bits per heavy atom. The third-order valence-corrected chi connectivity index (χ3v) is 4.90. The normalized spacial score (nSPS) is 13.2. The lowest BCUT2D eigenvalue weighted by atomic mass is 10.00. The molecule has 5 heteroatoms. The molecule has 0 saturated heterocycles. The van der Waals surface area contributed by atoms with E-state index in [4.69, 9.17) is 9.47 Å². The van der Waals surface area contributed by atoms with Gasteiger partial charge in [0.05, 0.1) is 30.5 Å². The molecule has 2 heterocycles. The molecule has 3 aromatic rings. The first kappa shape index (κ1) is 18.1. The van der Waals surface area contributed by atoms with Crippen LogP contribution in [0, 0.1) is 17.1 Å². The Bertz CT molecular complexity index is 1070. The van der Waals surface area contributed by atoms with E-state index in [1.165, 1.54) is 0 Å². The van der Waals surface area contributed by atoms with Gasteiger partial charge in [0.1, 0.15) is 12.4 Å². The van der Waals surface area contributed by atoms with Crippen LogP contribution in [-0.4, -0.2) is 4.98 Å². The van der Waals surface area contributed by atoms with E-state index >= 15 is 0 Å². The van der Waals surface area contributed by atoms with Gasteiger partial charge in [0.15, 0.2) is 0 Å². The molecule has 140 valence electrons. The van der Waals surface area contributed by atoms with E-state index in [0.717, 1.165) is 22.3 Å². The number of ether oxygens (including phenoxy) is 2. The van der Waals surface area contributed by atoms with Crippen LogP contribution >= 0.6 is 0 Å². The molecule has 0 aliphatic carbocycles. The fraction of sp³-hybridized carbons (Fsp3) is 0.217. The molecule has 1 aliphatic heterocycles. The van der Waals surface area contributed by atoms with Gasteiger partial charge in [0, 0.05) is 11.6 Å². The number of rotatable bonds is 1. The summed E-state index contributed by atoms with van der Waals surface area (Å²) in [6, 6.07) is 16.3. The van der Waals surface area contributed by atoms with Gasteiger partial charge >= 0.3 is 0 Å². The number of aryl methyl sites for hydroxylation is 1. The molecule has 0 saturated carbocycles. The number of nitriles is 1. The molecule has 0 unspecified atom stereocenters. The number of halogens is 1. The van der Waals surface area contributed by atoms with E-state index in [-0.39, 0.29) is 5.82 Å². The van der Waals surface area contributed by atoms with Crippen LogP contribution in [0.3, 0.4) is 0 Å². The Morgan fingerprint density at radius 1 is 1.04 bits per heavy atom. The summed E-state index contributed by atoms with van der Waals surface area (Å²) >= 11 is 0. The van der Waals surface area contributed by atoms with E-state index in [0.29, 0.717) is 48.9 Å². The molecule has 0 spiro atoms. The molecule has 0 amide bonds. The molecule has 0 fully saturated rings. The van der Waals surface area contributed by atoms with E-state index < -0.39 is 0 Å². The van der Waals surface area contributed by atoms with Gasteiger partial charge in [-0.25, -0.2) is 9.37 Å². The molecule has 1 aliphatic rings. The van der Waals surface area contributed by atoms with Gasteiger partial charge in [-0.1, -0.05) is 19.1 Å². The van der Waals surface area contributed by atoms with Crippen molar-refractivity contribution in [3.05, 3.63) is 82.2 Å². The molecule has 4 rings (SSSR count). The van der Waals surface area contributed by atoms with Crippen LogP contribution in [0.25, 0.3) is 11.3 Å². The maximum Gasteiger partial charge on any atom is 0.214 e. The lowest BCUT2D eigenvalue weighted by molar-refractivity contribution is 0.105. The summed E-state index contributed by atoms with van der Waals surface area (Å²) in [5, 5.41) is 9.20. The van der Waals surface area contributed by atoms with E-state index in [1.807, 2.05) is 25.1 Å². The lowest BCUT2D eigenvalue weighted by Crippen LogP contribution is -2.04. The number of fused-ring (bicyclic) bond motifs is 6. The van der Waals surface area contributed by atoms with E-state index in [2.05, 4.69) is 11.1 Å². The predicted molar refractivity (Wildman–Crippen MR) is 103 cm³/mol. The molecule has 4 bridgehead atoms. The average Bonchev–Trinajstić information content (AvgIpc) is 2.73. The van der Waals surface area contributed by atoms with Gasteiger partial charge in [-0.15, -0.1) is 0 Å². The highest BCUT2D eigenvalue weighted by molar-refractivity contribution is 5.62. The van der Waals surface area contributed by atoms with Crippen molar-refractivity contribution in [2.45, 2.75) is 33.2 Å². The van der Waals surface area contributed by atoms with E-state index in [9.17, 15) is 9.65 Å². The Labute approximate surface area is 163 Å². The van der Waals surface area contributed by atoms with Crippen LogP contribution in [0.15, 0.2) is 48.5 Å². The fourth-order valence-corrected chi connectivity index (χ4v) is 3.36. The molecule has 0 atom stereocenters. The number of hydrogen-bond donors (Lipinski definition) is 0. The topological polar surface area (TPSA) is 55.1 Å². The summed E-state index contributed by atoms with van der Waals surface area (Å²) in [5.74, 6) is 0.121. The minimum Gasteiger partial charge on any atom is -0.473 e. The first-order valence-corrected chi connectivity index (χ1v) is 9.19. The molecule has 2 aromatic carbocycles. The maximum absolute atomic E-state index is 14.7. The summed E-state index contributed by atoms with van der Waals surface area (Å²) in [4.78, 5) is 4.48. The highest BCUT2D eigenvalue weighted by Gasteiger charge is 2.15. The Hall–Kier alpha value is -3.23. The molecule has 28 heavy (non-hydrogen) atoms. The van der Waals surface area contributed by atoms with Crippen LogP contribution in [-0.2, 0) is 31.0 Å². The summed E-state index contributed by atoms with van der Waals surface area (Å²) in [6.45, 7) is 2.98. The van der Waals surface area contributed by atoms with Crippen molar-refractivity contribution in [3.63, 3.8) is 0 Å². The third-order valence-electron chi connectivity index (χ3n) is 4.90. The minimum atomic E-state index is -0.304. The SMILES string of the molecule is CCc1cc(F)c2cc1COCc1cc(C#N)ccc1COc1cccc-2n1. The van der Waals surface area contributed by atoms with Crippen molar-refractivity contribution >= 4 is 0 Å². The lowest BCUT2D eigenvalue weighted by Gasteiger charge is -2.13. The van der Waals surface area contributed by atoms with Crippen molar-refractivity contribution in [1.29, 1.82) is 5.26 Å². The molecular formula is C23H19FN2O2. The first-order chi connectivity index (χ1) is 13.7. The molecule has 0 N–H and O–H groups in total. The molecule has 1 aromatic heterocycles. The van der Waals surface area contributed by atoms with Crippen molar-refractivity contribution in [2.75, 3.05) is 0 Å². The van der Waals surface area contributed by atoms with Gasteiger partial charge in [0.2, 0.25) is 5.88 Å². The summed E-state index contributed by atoms with van der Waals surface area (Å²) in [7, 11) is 0. The standard InChI is InChI=1S/C23H19FN2O2/c1-2-16-10-21(24)20-9-19(16)13-27-12-18-8-15(11-25)6-7-17(18)14-28-23-5-3-4-22(20)26-23/h3-10H,2,12-14H2,1H3. The van der Waals surface area contributed by atoms with Crippen LogP contribution < -0.4 is 4.74 Å². The Kier molecular flexibility index (Phi) is 5.05. The first-order valence-electron chi connectivity index (χ1n) is 9.19. The number of aromatic nitrogens is 1. The number of benzene rings is 2. The minimum absolute atomic E-state index is 0.293. The Balaban J connectivity index is 1.81. The highest BCUT2D eigenvalue weighted by atomic mass is 19.1. The van der Waals surface area contributed by atoms with Gasteiger partial charge in [0.25, 0.3) is 0 Å². The van der Waals surface area contributed by atoms with Crippen LogP contribution in [0.5, 0.6) is 5.88 Å². The zero-order valence-electron chi connectivity index (χ0n) is 15.5. The van der Waals surface area contributed by atoms with Crippen LogP contribution in [0.2, 0.25) is 0 Å². The van der Waals surface area contributed by atoms with E-state index in [1.54, 1.807) is 30.3 Å². The number of nitrogens with zero attached hydrogens (tertiary/aromatic N) is 2. The average molecular weight is 374 g/mol. The summed E-state index contributed by atoms with van der Waals surface area (Å²) in [6.07, 6.45) is 0.710. The van der Waals surface area contributed by atoms with Gasteiger partial charge < -0.3 is 9.47 Å². The zero-order valence-corrected chi connectivity index (χ0v) is 15.5. The van der Waals surface area contributed by atoms with Crippen LogP contribution in [0.4, 0.5) is 4.39 Å². The number of hydrogen-bond acceptors (Lipinski definition) is 4. The predicted octanol–water partition coefficient (Wildman–Crippen LogP) is 4.93. The van der Waals surface area contributed by atoms with Crippen molar-refractivity contribution in [3.8, 4) is 23.2 Å². The molecule has 0 radical (unpaired) electrons.